The highest BCUT2D eigenvalue weighted by molar-refractivity contribution is 5.97. The summed E-state index contributed by atoms with van der Waals surface area (Å²) in [6, 6.07) is 14.6. The van der Waals surface area contributed by atoms with E-state index in [9.17, 15) is 4.79 Å². The van der Waals surface area contributed by atoms with Gasteiger partial charge in [0, 0.05) is 5.56 Å². The Morgan fingerprint density at radius 3 is 2.73 bits per heavy atom. The Morgan fingerprint density at radius 2 is 1.96 bits per heavy atom. The Bertz CT molecular complexity index is 1040. The standard InChI is InChI=1S/C18H16N6O2/c1-11-19-17(26-23-11)10-15(12-5-3-2-4-6-12)20-18(25)13-7-8-14-16(9-13)22-24-21-14/h2-9,15H,10H2,1H3,(H,20,25)(H,21,22,24)/t15-/m1/s1. The topological polar surface area (TPSA) is 110 Å². The number of rotatable bonds is 5. The van der Waals surface area contributed by atoms with Gasteiger partial charge in [-0.3, -0.25) is 4.79 Å². The van der Waals surface area contributed by atoms with E-state index in [0.717, 1.165) is 5.56 Å². The molecule has 2 heterocycles. The van der Waals surface area contributed by atoms with Crippen LogP contribution in [0.1, 0.15) is 33.7 Å². The number of amides is 1. The molecule has 0 radical (unpaired) electrons. The van der Waals surface area contributed by atoms with Gasteiger partial charge in [-0.2, -0.15) is 20.4 Å². The molecule has 26 heavy (non-hydrogen) atoms. The number of aryl methyl sites for hydroxylation is 1. The summed E-state index contributed by atoms with van der Waals surface area (Å²) in [6.07, 6.45) is 0.406. The summed E-state index contributed by atoms with van der Waals surface area (Å²) in [5, 5.41) is 17.4. The minimum atomic E-state index is -0.295. The summed E-state index contributed by atoms with van der Waals surface area (Å²) in [5.41, 5.74) is 2.82. The van der Waals surface area contributed by atoms with E-state index in [1.54, 1.807) is 25.1 Å². The van der Waals surface area contributed by atoms with Crippen LogP contribution in [0.3, 0.4) is 0 Å². The van der Waals surface area contributed by atoms with Gasteiger partial charge in [0.2, 0.25) is 5.89 Å². The highest BCUT2D eigenvalue weighted by Crippen LogP contribution is 2.19. The SMILES string of the molecule is Cc1noc(C[C@@H](NC(=O)c2ccc3n[nH]nc3c2)c2ccccc2)n1. The van der Waals surface area contributed by atoms with E-state index < -0.39 is 0 Å². The van der Waals surface area contributed by atoms with Gasteiger partial charge in [0.05, 0.1) is 12.5 Å². The van der Waals surface area contributed by atoms with Crippen LogP contribution in [0.5, 0.6) is 0 Å². The van der Waals surface area contributed by atoms with Crippen molar-refractivity contribution in [2.45, 2.75) is 19.4 Å². The Morgan fingerprint density at radius 1 is 1.15 bits per heavy atom. The third-order valence-corrected chi connectivity index (χ3v) is 4.03. The van der Waals surface area contributed by atoms with Gasteiger partial charge in [0.25, 0.3) is 5.91 Å². The number of nitrogens with one attached hydrogen (secondary N) is 2. The number of carbonyl (C=O) groups is 1. The van der Waals surface area contributed by atoms with Crippen LogP contribution in [-0.2, 0) is 6.42 Å². The van der Waals surface area contributed by atoms with Crippen LogP contribution in [0.25, 0.3) is 11.0 Å². The maximum absolute atomic E-state index is 12.8. The third-order valence-electron chi connectivity index (χ3n) is 4.03. The fourth-order valence-electron chi connectivity index (χ4n) is 2.76. The van der Waals surface area contributed by atoms with Crippen LogP contribution < -0.4 is 5.32 Å². The lowest BCUT2D eigenvalue weighted by Gasteiger charge is -2.17. The molecule has 0 aliphatic heterocycles. The van der Waals surface area contributed by atoms with Crippen molar-refractivity contribution in [1.29, 1.82) is 0 Å². The normalized spacial score (nSPS) is 12.2. The predicted octanol–water partition coefficient (Wildman–Crippen LogP) is 2.36. The minimum absolute atomic E-state index is 0.208. The monoisotopic (exact) mass is 348 g/mol. The highest BCUT2D eigenvalue weighted by atomic mass is 16.5. The first-order valence-corrected chi connectivity index (χ1v) is 8.14. The van der Waals surface area contributed by atoms with Crippen molar-refractivity contribution in [3.63, 3.8) is 0 Å². The molecule has 2 aromatic carbocycles. The van der Waals surface area contributed by atoms with Gasteiger partial charge in [-0.05, 0) is 30.7 Å². The Balaban J connectivity index is 1.59. The molecule has 0 unspecified atom stereocenters. The third kappa shape index (κ3) is 3.30. The first-order chi connectivity index (χ1) is 12.7. The predicted molar refractivity (Wildman–Crippen MR) is 93.3 cm³/mol. The van der Waals surface area contributed by atoms with E-state index >= 15 is 0 Å². The first-order valence-electron chi connectivity index (χ1n) is 8.14. The number of carbonyl (C=O) groups excluding carboxylic acids is 1. The zero-order chi connectivity index (χ0) is 17.9. The number of aromatic amines is 1. The average molecular weight is 348 g/mol. The van der Waals surface area contributed by atoms with Gasteiger partial charge in [-0.25, -0.2) is 0 Å². The summed E-state index contributed by atoms with van der Waals surface area (Å²) in [6.45, 7) is 1.76. The van der Waals surface area contributed by atoms with Crippen LogP contribution in [0.2, 0.25) is 0 Å². The van der Waals surface area contributed by atoms with E-state index in [2.05, 4.69) is 30.9 Å². The smallest absolute Gasteiger partial charge is 0.251 e. The molecule has 0 fully saturated rings. The van der Waals surface area contributed by atoms with Crippen LogP contribution in [-0.4, -0.2) is 31.5 Å². The van der Waals surface area contributed by atoms with Gasteiger partial charge in [0.15, 0.2) is 5.82 Å². The number of nitrogens with zero attached hydrogens (tertiary/aromatic N) is 4. The molecule has 2 aromatic heterocycles. The average Bonchev–Trinajstić information content (AvgIpc) is 3.29. The maximum atomic E-state index is 12.8. The van der Waals surface area contributed by atoms with Gasteiger partial charge in [0.1, 0.15) is 11.0 Å². The molecule has 0 aliphatic rings. The quantitative estimate of drug-likeness (QED) is 0.573. The molecule has 8 heteroatoms. The maximum Gasteiger partial charge on any atom is 0.251 e. The highest BCUT2D eigenvalue weighted by Gasteiger charge is 2.19. The van der Waals surface area contributed by atoms with Crippen LogP contribution >= 0.6 is 0 Å². The summed E-state index contributed by atoms with van der Waals surface area (Å²) in [5.74, 6) is 0.832. The first kappa shape index (κ1) is 15.9. The molecule has 4 aromatic rings. The van der Waals surface area contributed by atoms with E-state index in [0.29, 0.717) is 34.7 Å². The molecule has 1 amide bonds. The van der Waals surface area contributed by atoms with Crippen molar-refractivity contribution in [3.8, 4) is 0 Å². The van der Waals surface area contributed by atoms with Gasteiger partial charge >= 0.3 is 0 Å². The number of hydrogen-bond donors (Lipinski definition) is 2. The zero-order valence-corrected chi connectivity index (χ0v) is 14.0. The molecule has 130 valence electrons. The Hall–Kier alpha value is -3.55. The molecule has 0 spiro atoms. The van der Waals surface area contributed by atoms with E-state index in [1.165, 1.54) is 0 Å². The van der Waals surface area contributed by atoms with Crippen molar-refractivity contribution < 1.29 is 9.32 Å². The lowest BCUT2D eigenvalue weighted by Crippen LogP contribution is -2.30. The number of benzene rings is 2. The number of H-pyrrole nitrogens is 1. The van der Waals surface area contributed by atoms with Gasteiger partial charge in [-0.1, -0.05) is 35.5 Å². The second-order valence-electron chi connectivity index (χ2n) is 5.90. The fraction of sp³-hybridized carbons (Fsp3) is 0.167. The summed E-state index contributed by atoms with van der Waals surface area (Å²) in [7, 11) is 0. The second-order valence-corrected chi connectivity index (χ2v) is 5.90. The Labute approximate surface area is 148 Å². The molecule has 0 bridgehead atoms. The number of aromatic nitrogens is 5. The van der Waals surface area contributed by atoms with Gasteiger partial charge < -0.3 is 9.84 Å². The van der Waals surface area contributed by atoms with E-state index in [-0.39, 0.29) is 11.9 Å². The van der Waals surface area contributed by atoms with Crippen LogP contribution in [0.15, 0.2) is 53.1 Å². The fourth-order valence-corrected chi connectivity index (χ4v) is 2.76. The Kier molecular flexibility index (Phi) is 4.14. The molecular formula is C18H16N6O2. The molecular weight excluding hydrogens is 332 g/mol. The molecule has 2 N–H and O–H groups in total. The van der Waals surface area contributed by atoms with Crippen molar-refractivity contribution in [1.82, 2.24) is 30.9 Å². The van der Waals surface area contributed by atoms with Crippen molar-refractivity contribution in [2.75, 3.05) is 0 Å². The molecule has 4 rings (SSSR count). The van der Waals surface area contributed by atoms with Gasteiger partial charge in [-0.15, -0.1) is 0 Å². The molecule has 0 saturated heterocycles. The molecule has 8 nitrogen and oxygen atoms in total. The molecule has 0 aliphatic carbocycles. The number of hydrogen-bond acceptors (Lipinski definition) is 6. The van der Waals surface area contributed by atoms with Crippen molar-refractivity contribution >= 4 is 16.9 Å². The molecule has 1 atom stereocenters. The largest absolute Gasteiger partial charge is 0.345 e. The van der Waals surface area contributed by atoms with E-state index in [4.69, 9.17) is 4.52 Å². The van der Waals surface area contributed by atoms with Crippen LogP contribution in [0.4, 0.5) is 0 Å². The zero-order valence-electron chi connectivity index (χ0n) is 14.0. The van der Waals surface area contributed by atoms with Crippen molar-refractivity contribution in [3.05, 3.63) is 71.4 Å². The second kappa shape index (κ2) is 6.75. The summed E-state index contributed by atoms with van der Waals surface area (Å²) < 4.78 is 5.22. The molecule has 0 saturated carbocycles. The van der Waals surface area contributed by atoms with Crippen LogP contribution in [0, 0.1) is 6.92 Å². The lowest BCUT2D eigenvalue weighted by molar-refractivity contribution is 0.0935. The summed E-state index contributed by atoms with van der Waals surface area (Å²) in [4.78, 5) is 17.0. The lowest BCUT2D eigenvalue weighted by atomic mass is 10.0. The number of fused-ring (bicyclic) bond motifs is 1. The minimum Gasteiger partial charge on any atom is -0.345 e. The van der Waals surface area contributed by atoms with E-state index in [1.807, 2.05) is 30.3 Å². The van der Waals surface area contributed by atoms with Crippen molar-refractivity contribution in [2.24, 2.45) is 0 Å². The summed E-state index contributed by atoms with van der Waals surface area (Å²) >= 11 is 0.